The molecule has 0 aromatic heterocycles. The van der Waals surface area contributed by atoms with E-state index in [2.05, 4.69) is 51.6 Å². The Morgan fingerprint density at radius 2 is 1.86 bits per heavy atom. The lowest BCUT2D eigenvalue weighted by molar-refractivity contribution is 0.314. The Morgan fingerprint density at radius 1 is 1.24 bits per heavy atom. The summed E-state index contributed by atoms with van der Waals surface area (Å²) in [6.07, 6.45) is 3.94. The lowest BCUT2D eigenvalue weighted by atomic mass is 9.82. The molecule has 0 aliphatic rings. The van der Waals surface area contributed by atoms with Gasteiger partial charge in [-0.3, -0.25) is 4.18 Å². The predicted octanol–water partition coefficient (Wildman–Crippen LogP) is 3.84. The van der Waals surface area contributed by atoms with Crippen LogP contribution in [-0.2, 0) is 26.1 Å². The van der Waals surface area contributed by atoms with Crippen LogP contribution in [0.3, 0.4) is 0 Å². The molecule has 3 nitrogen and oxygen atoms in total. The Bertz CT molecular complexity index is 542. The number of rotatable bonds is 9. The third kappa shape index (κ3) is 6.02. The second-order valence-corrected chi connectivity index (χ2v) is 7.56. The van der Waals surface area contributed by atoms with Gasteiger partial charge in [-0.25, -0.2) is 0 Å². The summed E-state index contributed by atoms with van der Waals surface area (Å²) in [5.74, 6) is -0.131. The van der Waals surface area contributed by atoms with Crippen LogP contribution in [-0.4, -0.2) is 20.8 Å². The Balaban J connectivity index is 2.45. The zero-order valence-corrected chi connectivity index (χ0v) is 14.1. The summed E-state index contributed by atoms with van der Waals surface area (Å²) in [4.78, 5) is 0. The third-order valence-electron chi connectivity index (χ3n) is 3.81. The normalized spacial score (nSPS) is 12.3. The average molecular weight is 310 g/mol. The molecule has 0 bridgehead atoms. The molecule has 0 saturated carbocycles. The minimum atomic E-state index is -3.43. The lowest BCUT2D eigenvalue weighted by Crippen LogP contribution is -2.15. The summed E-state index contributed by atoms with van der Waals surface area (Å²) in [6, 6.07) is 8.55. The van der Waals surface area contributed by atoms with Crippen LogP contribution in [0.15, 0.2) is 36.9 Å². The van der Waals surface area contributed by atoms with Crippen LogP contribution in [0.5, 0.6) is 0 Å². The van der Waals surface area contributed by atoms with Crippen molar-refractivity contribution in [1.29, 1.82) is 0 Å². The van der Waals surface area contributed by atoms with Gasteiger partial charge in [-0.1, -0.05) is 51.1 Å². The number of hydrogen-bond donors (Lipinski definition) is 0. The van der Waals surface area contributed by atoms with E-state index in [1.807, 2.05) is 0 Å². The van der Waals surface area contributed by atoms with Gasteiger partial charge in [-0.2, -0.15) is 8.42 Å². The fourth-order valence-electron chi connectivity index (χ4n) is 1.98. The predicted molar refractivity (Wildman–Crippen MR) is 88.0 cm³/mol. The number of benzene rings is 1. The highest BCUT2D eigenvalue weighted by Crippen LogP contribution is 2.26. The molecule has 0 heterocycles. The summed E-state index contributed by atoms with van der Waals surface area (Å²) < 4.78 is 27.6. The lowest BCUT2D eigenvalue weighted by Gasteiger charge is -2.23. The summed E-state index contributed by atoms with van der Waals surface area (Å²) in [5.41, 5.74) is 2.73. The van der Waals surface area contributed by atoms with E-state index in [-0.39, 0.29) is 17.8 Å². The first-order valence-corrected chi connectivity index (χ1v) is 8.96. The van der Waals surface area contributed by atoms with Crippen LogP contribution >= 0.6 is 0 Å². The van der Waals surface area contributed by atoms with E-state index >= 15 is 0 Å². The molecule has 0 fully saturated rings. The van der Waals surface area contributed by atoms with Crippen LogP contribution in [0.25, 0.3) is 0 Å². The van der Waals surface area contributed by atoms with Gasteiger partial charge in [0.25, 0.3) is 10.1 Å². The third-order valence-corrected chi connectivity index (χ3v) is 4.98. The Hall–Kier alpha value is -1.13. The molecule has 0 unspecified atom stereocenters. The van der Waals surface area contributed by atoms with Gasteiger partial charge in [0.2, 0.25) is 0 Å². The van der Waals surface area contributed by atoms with Crippen LogP contribution in [0.4, 0.5) is 0 Å². The van der Waals surface area contributed by atoms with Crippen LogP contribution in [0, 0.1) is 0 Å². The SMILES string of the molecule is C=CCS(=O)(=O)OCCCc1ccc(C(C)(C)CC)cc1. The van der Waals surface area contributed by atoms with Crippen LogP contribution < -0.4 is 0 Å². The highest BCUT2D eigenvalue weighted by molar-refractivity contribution is 7.86. The molecule has 0 amide bonds. The van der Waals surface area contributed by atoms with Crippen molar-refractivity contribution in [3.63, 3.8) is 0 Å². The molecule has 118 valence electrons. The molecular formula is C17H26O3S. The van der Waals surface area contributed by atoms with Crippen molar-refractivity contribution in [1.82, 2.24) is 0 Å². The summed E-state index contributed by atoms with van der Waals surface area (Å²) in [7, 11) is -3.43. The smallest absolute Gasteiger partial charge is 0.270 e. The molecule has 1 rings (SSSR count). The van der Waals surface area contributed by atoms with Crippen LogP contribution in [0.1, 0.15) is 44.7 Å². The van der Waals surface area contributed by atoms with Gasteiger partial charge in [-0.15, -0.1) is 6.58 Å². The Labute approximate surface area is 129 Å². The first-order valence-electron chi connectivity index (χ1n) is 7.38. The van der Waals surface area contributed by atoms with E-state index in [9.17, 15) is 8.42 Å². The zero-order valence-electron chi connectivity index (χ0n) is 13.3. The molecule has 0 atom stereocenters. The van der Waals surface area contributed by atoms with Crippen molar-refractivity contribution in [2.24, 2.45) is 0 Å². The molecule has 1 aromatic rings. The van der Waals surface area contributed by atoms with Gasteiger partial charge >= 0.3 is 0 Å². The Kier molecular flexibility index (Phi) is 6.62. The van der Waals surface area contributed by atoms with Gasteiger partial charge in [-0.05, 0) is 35.8 Å². The maximum atomic E-state index is 11.3. The summed E-state index contributed by atoms with van der Waals surface area (Å²) >= 11 is 0. The minimum absolute atomic E-state index is 0.131. The highest BCUT2D eigenvalue weighted by atomic mass is 32.2. The van der Waals surface area contributed by atoms with E-state index in [1.165, 1.54) is 17.2 Å². The minimum Gasteiger partial charge on any atom is -0.270 e. The topological polar surface area (TPSA) is 43.4 Å². The zero-order chi connectivity index (χ0) is 15.9. The van der Waals surface area contributed by atoms with Crippen molar-refractivity contribution in [3.8, 4) is 0 Å². The van der Waals surface area contributed by atoms with Crippen molar-refractivity contribution < 1.29 is 12.6 Å². The van der Waals surface area contributed by atoms with Crippen molar-refractivity contribution in [2.75, 3.05) is 12.4 Å². The maximum absolute atomic E-state index is 11.3. The van der Waals surface area contributed by atoms with E-state index in [1.54, 1.807) is 0 Å². The van der Waals surface area contributed by atoms with Gasteiger partial charge in [0.05, 0.1) is 12.4 Å². The quantitative estimate of drug-likeness (QED) is 0.395. The van der Waals surface area contributed by atoms with E-state index in [0.717, 1.165) is 12.8 Å². The fourth-order valence-corrected chi connectivity index (χ4v) is 2.74. The van der Waals surface area contributed by atoms with Crippen molar-refractivity contribution >= 4 is 10.1 Å². The largest absolute Gasteiger partial charge is 0.270 e. The summed E-state index contributed by atoms with van der Waals surface area (Å²) in [6.45, 7) is 10.3. The van der Waals surface area contributed by atoms with E-state index in [0.29, 0.717) is 6.42 Å². The molecule has 0 saturated heterocycles. The fraction of sp³-hybridized carbons (Fsp3) is 0.529. The standard InChI is InChI=1S/C17H26O3S/c1-5-14-21(18,19)20-13-7-8-15-9-11-16(12-10-15)17(3,4)6-2/h5,9-12H,1,6-8,13-14H2,2-4H3. The van der Waals surface area contributed by atoms with Crippen LogP contribution in [0.2, 0.25) is 0 Å². The first kappa shape index (κ1) is 17.9. The highest BCUT2D eigenvalue weighted by Gasteiger charge is 2.17. The molecule has 0 aliphatic heterocycles. The monoisotopic (exact) mass is 310 g/mol. The maximum Gasteiger partial charge on any atom is 0.270 e. The number of hydrogen-bond acceptors (Lipinski definition) is 3. The van der Waals surface area contributed by atoms with E-state index in [4.69, 9.17) is 4.18 Å². The van der Waals surface area contributed by atoms with Gasteiger partial charge in [0, 0.05) is 0 Å². The molecule has 0 aliphatic carbocycles. The van der Waals surface area contributed by atoms with Crippen molar-refractivity contribution in [3.05, 3.63) is 48.0 Å². The van der Waals surface area contributed by atoms with Crippen molar-refractivity contribution in [2.45, 2.75) is 45.4 Å². The number of aryl methyl sites for hydroxylation is 1. The average Bonchev–Trinajstić information content (AvgIpc) is 2.44. The van der Waals surface area contributed by atoms with Gasteiger partial charge in [0.15, 0.2) is 0 Å². The molecule has 4 heteroatoms. The molecule has 0 spiro atoms. The summed E-state index contributed by atoms with van der Waals surface area (Å²) in [5, 5.41) is 0. The second-order valence-electron chi connectivity index (χ2n) is 5.87. The molecular weight excluding hydrogens is 284 g/mol. The molecule has 0 N–H and O–H groups in total. The molecule has 0 radical (unpaired) electrons. The Morgan fingerprint density at radius 3 is 2.38 bits per heavy atom. The van der Waals surface area contributed by atoms with Gasteiger partial charge < -0.3 is 0 Å². The first-order chi connectivity index (χ1) is 9.80. The second kappa shape index (κ2) is 7.76. The van der Waals surface area contributed by atoms with E-state index < -0.39 is 10.1 Å². The molecule has 21 heavy (non-hydrogen) atoms. The van der Waals surface area contributed by atoms with Gasteiger partial charge in [0.1, 0.15) is 0 Å². The molecule has 1 aromatic carbocycles.